The molecule has 7 heteroatoms. The second kappa shape index (κ2) is 9.73. The van der Waals surface area contributed by atoms with Crippen LogP contribution in [0.4, 0.5) is 5.69 Å². The van der Waals surface area contributed by atoms with Gasteiger partial charge in [0.15, 0.2) is 5.79 Å². The highest BCUT2D eigenvalue weighted by Crippen LogP contribution is 2.31. The van der Waals surface area contributed by atoms with E-state index < -0.39 is 5.79 Å². The van der Waals surface area contributed by atoms with Crippen molar-refractivity contribution in [2.75, 3.05) is 32.2 Å². The Labute approximate surface area is 188 Å². The zero-order valence-electron chi connectivity index (χ0n) is 17.9. The third-order valence-electron chi connectivity index (χ3n) is 5.39. The van der Waals surface area contributed by atoms with Crippen LogP contribution in [0.1, 0.15) is 12.0 Å². The summed E-state index contributed by atoms with van der Waals surface area (Å²) in [6.45, 7) is 1.51. The molecule has 0 N–H and O–H groups in total. The highest BCUT2D eigenvalue weighted by atomic mass is 35.5. The fraction of sp³-hybridized carbons (Fsp3) is 0.375. The molecule has 0 aliphatic carbocycles. The Balaban J connectivity index is 1.38. The Morgan fingerprint density at radius 1 is 1.16 bits per heavy atom. The Kier molecular flexibility index (Phi) is 6.80. The van der Waals surface area contributed by atoms with Crippen LogP contribution in [0, 0.1) is 0 Å². The van der Waals surface area contributed by atoms with Gasteiger partial charge >= 0.3 is 0 Å². The zero-order chi connectivity index (χ0) is 21.7. The maximum atomic E-state index is 6.42. The molecule has 2 atom stereocenters. The molecule has 31 heavy (non-hydrogen) atoms. The molecule has 4 rings (SSSR count). The normalized spacial score (nSPS) is 20.7. The second-order valence-corrected chi connectivity index (χ2v) is 8.46. The second-order valence-electron chi connectivity index (χ2n) is 8.02. The highest BCUT2D eigenvalue weighted by molar-refractivity contribution is 6.30. The summed E-state index contributed by atoms with van der Waals surface area (Å²) >= 11 is 6.01. The van der Waals surface area contributed by atoms with Crippen molar-refractivity contribution in [3.63, 3.8) is 0 Å². The van der Waals surface area contributed by atoms with Gasteiger partial charge in [-0.25, -0.2) is 4.98 Å². The van der Waals surface area contributed by atoms with Crippen LogP contribution in [0.15, 0.2) is 67.3 Å². The Morgan fingerprint density at radius 2 is 1.94 bits per heavy atom. The van der Waals surface area contributed by atoms with Crippen LogP contribution >= 0.6 is 11.6 Å². The molecule has 0 saturated carbocycles. The third kappa shape index (κ3) is 5.79. The van der Waals surface area contributed by atoms with Crippen LogP contribution in [0.2, 0.25) is 5.02 Å². The van der Waals surface area contributed by atoms with Crippen LogP contribution in [0.3, 0.4) is 0 Å². The van der Waals surface area contributed by atoms with Gasteiger partial charge < -0.3 is 23.7 Å². The maximum absolute atomic E-state index is 6.42. The molecule has 1 aliphatic rings. The van der Waals surface area contributed by atoms with Gasteiger partial charge in [-0.3, -0.25) is 0 Å². The Hall–Kier alpha value is -2.54. The van der Waals surface area contributed by atoms with E-state index in [1.807, 2.05) is 73.4 Å². The van der Waals surface area contributed by atoms with Gasteiger partial charge in [-0.05, 0) is 48.4 Å². The lowest BCUT2D eigenvalue weighted by Crippen LogP contribution is -2.37. The van der Waals surface area contributed by atoms with Gasteiger partial charge in [0.1, 0.15) is 18.5 Å². The van der Waals surface area contributed by atoms with Crippen molar-refractivity contribution >= 4 is 17.3 Å². The molecule has 2 aromatic carbocycles. The maximum Gasteiger partial charge on any atom is 0.187 e. The lowest BCUT2D eigenvalue weighted by Gasteiger charge is -2.28. The molecule has 1 aliphatic heterocycles. The molecular weight excluding hydrogens is 414 g/mol. The van der Waals surface area contributed by atoms with E-state index in [1.165, 1.54) is 5.56 Å². The number of hydrogen-bond donors (Lipinski definition) is 0. The summed E-state index contributed by atoms with van der Waals surface area (Å²) in [5.41, 5.74) is 2.33. The molecule has 1 fully saturated rings. The average molecular weight is 442 g/mol. The van der Waals surface area contributed by atoms with Gasteiger partial charge in [-0.15, -0.1) is 0 Å². The molecule has 0 bridgehead atoms. The third-order valence-corrected chi connectivity index (χ3v) is 5.65. The molecule has 0 unspecified atom stereocenters. The fourth-order valence-corrected chi connectivity index (χ4v) is 3.79. The topological polar surface area (TPSA) is 48.8 Å². The van der Waals surface area contributed by atoms with Crippen LogP contribution in [-0.2, 0) is 22.4 Å². The van der Waals surface area contributed by atoms with E-state index in [9.17, 15) is 0 Å². The number of hydrogen-bond acceptors (Lipinski definition) is 5. The van der Waals surface area contributed by atoms with E-state index in [4.69, 9.17) is 25.8 Å². The quantitative estimate of drug-likeness (QED) is 0.491. The molecule has 2 heterocycles. The van der Waals surface area contributed by atoms with E-state index in [0.717, 1.165) is 29.3 Å². The average Bonchev–Trinajstić information content (AvgIpc) is 3.43. The van der Waals surface area contributed by atoms with Crippen molar-refractivity contribution in [2.24, 2.45) is 0 Å². The number of rotatable bonds is 9. The number of aromatic nitrogens is 2. The summed E-state index contributed by atoms with van der Waals surface area (Å²) in [7, 11) is 4.03. The molecule has 1 aromatic heterocycles. The fourth-order valence-electron chi connectivity index (χ4n) is 3.67. The summed E-state index contributed by atoms with van der Waals surface area (Å²) in [6.07, 6.45) is 6.88. The van der Waals surface area contributed by atoms with Crippen LogP contribution in [0.5, 0.6) is 5.75 Å². The summed E-state index contributed by atoms with van der Waals surface area (Å²) in [5, 5.41) is 0.737. The van der Waals surface area contributed by atoms with Crippen LogP contribution in [-0.4, -0.2) is 48.8 Å². The van der Waals surface area contributed by atoms with Crippen molar-refractivity contribution < 1.29 is 14.2 Å². The van der Waals surface area contributed by atoms with E-state index in [-0.39, 0.29) is 6.10 Å². The largest absolute Gasteiger partial charge is 0.491 e. The number of nitrogens with zero attached hydrogens (tertiary/aromatic N) is 3. The zero-order valence-corrected chi connectivity index (χ0v) is 18.7. The minimum absolute atomic E-state index is 0.137. The minimum Gasteiger partial charge on any atom is -0.491 e. The van der Waals surface area contributed by atoms with E-state index in [2.05, 4.69) is 9.88 Å². The number of halogens is 1. The standard InChI is InChI=1S/C24H28ClN3O3/c1-27(2)21-7-9-22(10-8-21)29-15-23-16-30-24(31-23,17-28-14-13-26-18-28)12-11-19-3-5-20(25)6-4-19/h3-10,13-14,18,23H,11-12,15-17H2,1-2H3/t23-,24+/m1/s1. The summed E-state index contributed by atoms with van der Waals surface area (Å²) in [5.74, 6) is 0.103. The molecular formula is C24H28ClN3O3. The molecule has 164 valence electrons. The first kappa shape index (κ1) is 21.7. The van der Waals surface area contributed by atoms with Crippen molar-refractivity contribution in [2.45, 2.75) is 31.3 Å². The predicted octanol–water partition coefficient (Wildman–Crippen LogP) is 4.43. The molecule has 0 spiro atoms. The van der Waals surface area contributed by atoms with E-state index in [1.54, 1.807) is 12.5 Å². The first-order chi connectivity index (χ1) is 15.0. The molecule has 6 nitrogen and oxygen atoms in total. The van der Waals surface area contributed by atoms with Crippen LogP contribution < -0.4 is 9.64 Å². The predicted molar refractivity (Wildman–Crippen MR) is 122 cm³/mol. The van der Waals surface area contributed by atoms with Gasteiger partial charge in [0.05, 0.1) is 19.5 Å². The first-order valence-electron chi connectivity index (χ1n) is 10.4. The first-order valence-corrected chi connectivity index (χ1v) is 10.8. The lowest BCUT2D eigenvalue weighted by molar-refractivity contribution is -0.184. The summed E-state index contributed by atoms with van der Waals surface area (Å²) in [4.78, 5) is 6.21. The molecule has 0 amide bonds. The van der Waals surface area contributed by atoms with E-state index in [0.29, 0.717) is 19.8 Å². The van der Waals surface area contributed by atoms with Crippen molar-refractivity contribution in [1.82, 2.24) is 9.55 Å². The van der Waals surface area contributed by atoms with Gasteiger partial charge in [0, 0.05) is 43.6 Å². The van der Waals surface area contributed by atoms with Gasteiger partial charge in [0.25, 0.3) is 0 Å². The van der Waals surface area contributed by atoms with Crippen molar-refractivity contribution in [3.05, 3.63) is 77.8 Å². The van der Waals surface area contributed by atoms with Gasteiger partial charge in [0.2, 0.25) is 0 Å². The van der Waals surface area contributed by atoms with Crippen molar-refractivity contribution in [1.29, 1.82) is 0 Å². The Morgan fingerprint density at radius 3 is 2.61 bits per heavy atom. The number of ether oxygens (including phenoxy) is 3. The molecule has 3 aromatic rings. The lowest BCUT2D eigenvalue weighted by atomic mass is 10.0. The summed E-state index contributed by atoms with van der Waals surface area (Å²) < 4.78 is 20.6. The van der Waals surface area contributed by atoms with E-state index >= 15 is 0 Å². The molecule has 1 saturated heterocycles. The van der Waals surface area contributed by atoms with Crippen molar-refractivity contribution in [3.8, 4) is 5.75 Å². The SMILES string of the molecule is CN(C)c1ccc(OC[C@@H]2CO[C@](CCc3ccc(Cl)cc3)(Cn3ccnc3)O2)cc1. The van der Waals surface area contributed by atoms with Crippen LogP contribution in [0.25, 0.3) is 0 Å². The number of imidazole rings is 1. The monoisotopic (exact) mass is 441 g/mol. The van der Waals surface area contributed by atoms with Gasteiger partial charge in [-0.2, -0.15) is 0 Å². The number of aryl methyl sites for hydroxylation is 1. The van der Waals surface area contributed by atoms with Gasteiger partial charge in [-0.1, -0.05) is 23.7 Å². The minimum atomic E-state index is -0.719. The summed E-state index contributed by atoms with van der Waals surface area (Å²) in [6, 6.07) is 15.9. The highest BCUT2D eigenvalue weighted by Gasteiger charge is 2.42. The number of anilines is 1. The number of benzene rings is 2. The Bertz CT molecular complexity index is 945. The molecule has 0 radical (unpaired) electrons. The smallest absolute Gasteiger partial charge is 0.187 e.